The first kappa shape index (κ1) is 17.1. The first-order valence-corrected chi connectivity index (χ1v) is 8.78. The van der Waals surface area contributed by atoms with Crippen LogP contribution in [-0.4, -0.2) is 34.0 Å². The maximum atomic E-state index is 12.8. The third-order valence-electron chi connectivity index (χ3n) is 4.80. The van der Waals surface area contributed by atoms with Crippen molar-refractivity contribution in [2.24, 2.45) is 0 Å². The summed E-state index contributed by atoms with van der Waals surface area (Å²) in [4.78, 5) is 18.5. The number of ether oxygens (including phenoxy) is 1. The van der Waals surface area contributed by atoms with Crippen LogP contribution in [0, 0.1) is 13.8 Å². The largest absolute Gasteiger partial charge is 0.504 e. The topological polar surface area (TPSA) is 75.8 Å². The molecule has 6 heteroatoms. The predicted molar refractivity (Wildman–Crippen MR) is 99.8 cm³/mol. The summed E-state index contributed by atoms with van der Waals surface area (Å²) in [5.74, 6) is 0.507. The number of hydrogen-bond acceptors (Lipinski definition) is 5. The van der Waals surface area contributed by atoms with Crippen LogP contribution in [-0.2, 0) is 6.54 Å². The lowest BCUT2D eigenvalue weighted by molar-refractivity contribution is 0.0700. The first-order valence-electron chi connectivity index (χ1n) is 8.78. The fourth-order valence-electron chi connectivity index (χ4n) is 3.38. The molecule has 0 unspecified atom stereocenters. The van der Waals surface area contributed by atoms with E-state index in [2.05, 4.69) is 4.98 Å². The van der Waals surface area contributed by atoms with Crippen LogP contribution in [0.15, 0.2) is 47.2 Å². The number of carbonyl (C=O) groups is 1. The molecular formula is C21H20N2O4. The van der Waals surface area contributed by atoms with Crippen molar-refractivity contribution in [3.05, 3.63) is 65.4 Å². The van der Waals surface area contributed by atoms with Crippen molar-refractivity contribution in [2.75, 3.05) is 13.2 Å². The Hall–Kier alpha value is -3.28. The minimum absolute atomic E-state index is 0.0795. The lowest BCUT2D eigenvalue weighted by atomic mass is 9.98. The molecule has 0 saturated carbocycles. The van der Waals surface area contributed by atoms with Crippen LogP contribution in [0.1, 0.15) is 27.4 Å². The summed E-state index contributed by atoms with van der Waals surface area (Å²) in [6.45, 7) is 4.77. The highest BCUT2D eigenvalue weighted by atomic mass is 16.5. The zero-order chi connectivity index (χ0) is 19.0. The Morgan fingerprint density at radius 2 is 2.04 bits per heavy atom. The number of phenols is 1. The van der Waals surface area contributed by atoms with Crippen LogP contribution in [0.3, 0.4) is 0 Å². The van der Waals surface area contributed by atoms with Gasteiger partial charge in [-0.2, -0.15) is 0 Å². The number of phenolic OH excluding ortho intramolecular Hbond substituents is 1. The number of oxazole rings is 1. The van der Waals surface area contributed by atoms with Gasteiger partial charge in [0.15, 0.2) is 17.9 Å². The molecular weight excluding hydrogens is 344 g/mol. The minimum atomic E-state index is -0.234. The Morgan fingerprint density at radius 3 is 2.78 bits per heavy atom. The van der Waals surface area contributed by atoms with E-state index in [1.54, 1.807) is 17.9 Å². The van der Waals surface area contributed by atoms with Crippen molar-refractivity contribution < 1.29 is 19.1 Å². The Kier molecular flexibility index (Phi) is 4.32. The van der Waals surface area contributed by atoms with Gasteiger partial charge in [0.25, 0.3) is 5.91 Å². The van der Waals surface area contributed by atoms with E-state index < -0.39 is 0 Å². The summed E-state index contributed by atoms with van der Waals surface area (Å²) >= 11 is 0. The number of rotatable bonds is 2. The Morgan fingerprint density at radius 1 is 1.22 bits per heavy atom. The van der Waals surface area contributed by atoms with Crippen LogP contribution in [0.25, 0.3) is 11.1 Å². The summed E-state index contributed by atoms with van der Waals surface area (Å²) in [6, 6.07) is 11.6. The number of aryl methyl sites for hydroxylation is 2. The maximum absolute atomic E-state index is 12.8. The molecule has 1 aliphatic heterocycles. The lowest BCUT2D eigenvalue weighted by Gasteiger charge is -2.19. The van der Waals surface area contributed by atoms with Crippen molar-refractivity contribution in [3.63, 3.8) is 0 Å². The molecule has 0 aliphatic carbocycles. The minimum Gasteiger partial charge on any atom is -0.504 e. The highest BCUT2D eigenvalue weighted by Crippen LogP contribution is 2.38. The fourth-order valence-corrected chi connectivity index (χ4v) is 3.38. The Labute approximate surface area is 157 Å². The van der Waals surface area contributed by atoms with Gasteiger partial charge in [-0.15, -0.1) is 0 Å². The van der Waals surface area contributed by atoms with E-state index in [1.165, 1.54) is 6.39 Å². The van der Waals surface area contributed by atoms with Gasteiger partial charge in [-0.1, -0.05) is 24.3 Å². The predicted octanol–water partition coefficient (Wildman–Crippen LogP) is 3.70. The lowest BCUT2D eigenvalue weighted by Crippen LogP contribution is -2.32. The van der Waals surface area contributed by atoms with E-state index in [0.29, 0.717) is 31.1 Å². The number of nitrogens with zero attached hydrogens (tertiary/aromatic N) is 2. The average molecular weight is 364 g/mol. The van der Waals surface area contributed by atoms with E-state index in [-0.39, 0.29) is 17.4 Å². The van der Waals surface area contributed by atoms with Gasteiger partial charge in [-0.3, -0.25) is 4.79 Å². The van der Waals surface area contributed by atoms with E-state index in [4.69, 9.17) is 9.15 Å². The van der Waals surface area contributed by atoms with Gasteiger partial charge < -0.3 is 19.2 Å². The fraction of sp³-hybridized carbons (Fsp3) is 0.238. The van der Waals surface area contributed by atoms with E-state index in [1.807, 2.05) is 37.3 Å². The molecule has 0 fully saturated rings. The van der Waals surface area contributed by atoms with E-state index in [0.717, 1.165) is 22.3 Å². The van der Waals surface area contributed by atoms with E-state index >= 15 is 0 Å². The molecule has 27 heavy (non-hydrogen) atoms. The molecule has 1 N–H and O–H groups in total. The number of carbonyl (C=O) groups excluding carboxylic acids is 1. The highest BCUT2D eigenvalue weighted by Gasteiger charge is 2.26. The molecule has 3 aromatic rings. The van der Waals surface area contributed by atoms with Crippen molar-refractivity contribution in [2.45, 2.75) is 20.4 Å². The molecule has 138 valence electrons. The second-order valence-electron chi connectivity index (χ2n) is 6.64. The van der Waals surface area contributed by atoms with Gasteiger partial charge in [0, 0.05) is 5.56 Å². The molecule has 2 heterocycles. The van der Waals surface area contributed by atoms with Crippen molar-refractivity contribution >= 4 is 5.91 Å². The highest BCUT2D eigenvalue weighted by molar-refractivity contribution is 5.92. The molecule has 0 bridgehead atoms. The number of hydrogen-bond donors (Lipinski definition) is 1. The maximum Gasteiger partial charge on any atom is 0.291 e. The van der Waals surface area contributed by atoms with Gasteiger partial charge in [0.2, 0.25) is 5.76 Å². The summed E-state index contributed by atoms with van der Waals surface area (Å²) in [5.41, 5.74) is 4.34. The third kappa shape index (κ3) is 3.14. The molecule has 1 aromatic heterocycles. The SMILES string of the molecule is Cc1ccccc1-c1cc(O)c2c(c1)CN(C(=O)c1ocnc1C)CCO2. The molecule has 0 saturated heterocycles. The molecule has 6 nitrogen and oxygen atoms in total. The van der Waals surface area contributed by atoms with Crippen LogP contribution < -0.4 is 4.74 Å². The number of aromatic hydroxyl groups is 1. The summed E-state index contributed by atoms with van der Waals surface area (Å²) in [6.07, 6.45) is 1.27. The summed E-state index contributed by atoms with van der Waals surface area (Å²) in [7, 11) is 0. The van der Waals surface area contributed by atoms with Crippen molar-refractivity contribution in [1.29, 1.82) is 0 Å². The van der Waals surface area contributed by atoms with Crippen LogP contribution >= 0.6 is 0 Å². The van der Waals surface area contributed by atoms with Gasteiger partial charge in [-0.25, -0.2) is 4.98 Å². The van der Waals surface area contributed by atoms with E-state index in [9.17, 15) is 9.90 Å². The van der Waals surface area contributed by atoms with Gasteiger partial charge in [0.05, 0.1) is 18.8 Å². The molecule has 0 radical (unpaired) electrons. The molecule has 2 aromatic carbocycles. The number of amides is 1. The Balaban J connectivity index is 1.72. The van der Waals surface area contributed by atoms with Gasteiger partial charge in [-0.05, 0) is 42.7 Å². The molecule has 1 aliphatic rings. The van der Waals surface area contributed by atoms with Crippen molar-refractivity contribution in [3.8, 4) is 22.6 Å². The monoisotopic (exact) mass is 364 g/mol. The summed E-state index contributed by atoms with van der Waals surface area (Å²) in [5, 5.41) is 10.5. The second-order valence-corrected chi connectivity index (χ2v) is 6.64. The molecule has 0 atom stereocenters. The number of fused-ring (bicyclic) bond motifs is 1. The standard InChI is InChI=1S/C21H20N2O4/c1-13-5-3-4-6-17(13)15-9-16-11-23(7-8-26-20(16)18(24)10-15)21(25)19-14(2)22-12-27-19/h3-6,9-10,12,24H,7-8,11H2,1-2H3. The van der Waals surface area contributed by atoms with Crippen LogP contribution in [0.4, 0.5) is 0 Å². The quantitative estimate of drug-likeness (QED) is 0.750. The smallest absolute Gasteiger partial charge is 0.291 e. The summed E-state index contributed by atoms with van der Waals surface area (Å²) < 4.78 is 11.0. The Bertz CT molecular complexity index is 1010. The second kappa shape index (κ2) is 6.79. The van der Waals surface area contributed by atoms with Gasteiger partial charge in [0.1, 0.15) is 6.61 Å². The number of benzene rings is 2. The first-order chi connectivity index (χ1) is 13.0. The zero-order valence-electron chi connectivity index (χ0n) is 15.2. The molecule has 4 rings (SSSR count). The molecule has 0 spiro atoms. The normalized spacial score (nSPS) is 13.6. The zero-order valence-corrected chi connectivity index (χ0v) is 15.2. The third-order valence-corrected chi connectivity index (χ3v) is 4.80. The van der Waals surface area contributed by atoms with Crippen LogP contribution in [0.2, 0.25) is 0 Å². The average Bonchev–Trinajstić information content (AvgIpc) is 2.95. The number of aromatic nitrogens is 1. The van der Waals surface area contributed by atoms with Crippen molar-refractivity contribution in [1.82, 2.24) is 9.88 Å². The van der Waals surface area contributed by atoms with Gasteiger partial charge >= 0.3 is 0 Å². The van der Waals surface area contributed by atoms with Crippen LogP contribution in [0.5, 0.6) is 11.5 Å². The molecule has 1 amide bonds.